The van der Waals surface area contributed by atoms with E-state index in [0.717, 1.165) is 19.4 Å². The number of nitrogens with one attached hydrogen (secondary N) is 1. The summed E-state index contributed by atoms with van der Waals surface area (Å²) in [5.74, 6) is 0.618. The van der Waals surface area contributed by atoms with Crippen LogP contribution >= 0.6 is 48.6 Å². The Morgan fingerprint density at radius 1 is 0.793 bits per heavy atom. The van der Waals surface area contributed by atoms with Gasteiger partial charge in [-0.3, -0.25) is 4.79 Å². The topological polar surface area (TPSA) is 109 Å². The van der Waals surface area contributed by atoms with Crippen LogP contribution in [0.2, 0.25) is 0 Å². The monoisotopic (exact) mass is 1100 g/mol. The van der Waals surface area contributed by atoms with E-state index in [1.54, 1.807) is 66.0 Å². The fraction of sp³-hybridized carbons (Fsp3) is 0.864. The van der Waals surface area contributed by atoms with Crippen LogP contribution in [0.15, 0.2) is 11.6 Å². The first kappa shape index (κ1) is 138. The van der Waals surface area contributed by atoms with Crippen LogP contribution in [0.3, 0.4) is 0 Å². The second-order valence-corrected chi connectivity index (χ2v) is 9.46. The van der Waals surface area contributed by atoms with E-state index in [0.29, 0.717) is 32.3 Å². The van der Waals surface area contributed by atoms with Gasteiger partial charge in [0.15, 0.2) is 7.98 Å². The molecule has 0 aliphatic heterocycles. The predicted octanol–water partition coefficient (Wildman–Crippen LogP) is 15.7. The first-order valence-electron chi connectivity index (χ1n) is 15.2. The van der Waals surface area contributed by atoms with E-state index in [-0.39, 0.29) is 116 Å². The molecule has 0 aliphatic carbocycles. The van der Waals surface area contributed by atoms with Crippen molar-refractivity contribution < 1.29 is 19.5 Å². The fourth-order valence-corrected chi connectivity index (χ4v) is 3.02. The normalized spacial score (nSPS) is 6.93. The average Bonchev–Trinajstić information content (AvgIpc) is 3.61. The molecule has 1 aromatic rings. The molecule has 0 saturated carbocycles. The number of aliphatic hydroxyl groups excluding tert-OH is 1. The third kappa shape index (κ3) is 117. The van der Waals surface area contributed by atoms with Gasteiger partial charge < -0.3 is 34.7 Å². The first-order valence-corrected chi connectivity index (χ1v) is 22.3. The minimum absolute atomic E-state index is 0. The number of aryl methyl sites for hydroxylation is 1. The lowest BCUT2D eigenvalue weighted by Crippen LogP contribution is -2.37. The fourth-order valence-electron chi connectivity index (χ4n) is 2.46. The summed E-state index contributed by atoms with van der Waals surface area (Å²) >= 11 is 5.95. The van der Waals surface area contributed by atoms with Crippen LogP contribution < -0.4 is 5.32 Å². The number of carbonyl (C=O) groups excluding carboxylic acids is 3. The van der Waals surface area contributed by atoms with Gasteiger partial charge in [0, 0.05) is 117 Å². The molecule has 3 amide bonds. The predicted molar refractivity (Wildman–Crippen MR) is 306 cm³/mol. The highest BCUT2D eigenvalue weighted by molar-refractivity contribution is 15.0. The highest BCUT2D eigenvalue weighted by Gasteiger charge is 2.06. The number of hydrogen-bond acceptors (Lipinski definition) is 8. The number of aliphatic hydroxyl groups is 1. The maximum absolute atomic E-state index is 10.9. The van der Waals surface area contributed by atoms with Crippen molar-refractivity contribution in [3.8, 4) is 0 Å². The molecule has 2 N–H and O–H groups in total. The summed E-state index contributed by atoms with van der Waals surface area (Å²) in [6.07, 6.45) is 6.39. The number of urea groups is 1. The number of hydrogen-bond donors (Lipinski definition) is 2. The molecule has 10 nitrogen and oxygen atoms in total. The molecule has 1 aromatic heterocycles. The summed E-state index contributed by atoms with van der Waals surface area (Å²) in [5, 5.41) is 14.8. The third-order valence-electron chi connectivity index (χ3n) is 5.12. The van der Waals surface area contributed by atoms with Crippen LogP contribution in [0.4, 0.5) is 4.79 Å². The van der Waals surface area contributed by atoms with E-state index in [1.165, 1.54) is 17.8 Å². The van der Waals surface area contributed by atoms with Crippen molar-refractivity contribution >= 4 is 75.3 Å². The highest BCUT2D eigenvalue weighted by Crippen LogP contribution is 2.08. The largest absolute Gasteiger partial charge is 0.396 e. The van der Waals surface area contributed by atoms with Crippen molar-refractivity contribution in [1.29, 1.82) is 0 Å². The Bertz CT molecular complexity index is 658. The first-order chi connectivity index (χ1) is 20.9. The molecule has 0 spiro atoms. The summed E-state index contributed by atoms with van der Waals surface area (Å²) in [4.78, 5) is 40.2. The van der Waals surface area contributed by atoms with E-state index >= 15 is 0 Å². The molecule has 1 rings (SSSR count). The molecule has 0 fully saturated rings. The summed E-state index contributed by atoms with van der Waals surface area (Å²) in [5.41, 5.74) is 0. The Morgan fingerprint density at radius 2 is 1.17 bits per heavy atom. The van der Waals surface area contributed by atoms with Crippen LogP contribution in [0.5, 0.6) is 0 Å². The molecule has 0 saturated heterocycles. The van der Waals surface area contributed by atoms with Crippen LogP contribution in [0.1, 0.15) is 191 Å². The van der Waals surface area contributed by atoms with E-state index < -0.39 is 0 Å². The molecule has 0 aromatic carbocycles. The zero-order valence-corrected chi connectivity index (χ0v) is 35.6. The van der Waals surface area contributed by atoms with E-state index in [9.17, 15) is 9.59 Å². The molecule has 58 heavy (non-hydrogen) atoms. The van der Waals surface area contributed by atoms with Gasteiger partial charge >= 0.3 is 6.03 Å². The highest BCUT2D eigenvalue weighted by atomic mass is 128. The summed E-state index contributed by atoms with van der Waals surface area (Å²) in [7, 11) is 14.4. The number of amides is 3. The zero-order valence-electron chi connectivity index (χ0n) is 30.5. The van der Waals surface area contributed by atoms with Gasteiger partial charge in [-0.1, -0.05) is 165 Å². The smallest absolute Gasteiger partial charge is 0.319 e. The molecule has 0 bridgehead atoms. The minimum atomic E-state index is 0. The van der Waals surface area contributed by atoms with Gasteiger partial charge in [0.1, 0.15) is 6.79 Å². The van der Waals surface area contributed by atoms with Crippen molar-refractivity contribution in [1.82, 2.24) is 29.8 Å². The Kier molecular flexibility index (Phi) is 294. The third-order valence-corrected chi connectivity index (χ3v) is 6.05. The second-order valence-electron chi connectivity index (χ2n) is 8.48. The van der Waals surface area contributed by atoms with Gasteiger partial charge in [-0.05, 0) is 32.7 Å². The van der Waals surface area contributed by atoms with Gasteiger partial charge in [0.05, 0.1) is 5.01 Å². The Morgan fingerprint density at radius 3 is 1.33 bits per heavy atom. The molecule has 376 valence electrons. The van der Waals surface area contributed by atoms with Crippen molar-refractivity contribution in [2.45, 2.75) is 192 Å². The molecule has 1 unspecified atom stereocenters. The van der Waals surface area contributed by atoms with E-state index in [2.05, 4.69) is 68.3 Å². The van der Waals surface area contributed by atoms with Crippen molar-refractivity contribution in [3.63, 3.8) is 0 Å². The van der Waals surface area contributed by atoms with Crippen LogP contribution in [0.25, 0.3) is 0 Å². The SMILES string of the molecule is C.C.C.C.C.C.C.C.C.C.C.C.C.C.C=O.CC.CC.CCCC(CC)CO.CCN(C)C(=O)N(C)C.CCc1nccs1.II.[B]N(CCN(C)C(C)=O)CNC. The number of likely N-dealkylation sites (N-methyl/N-ethyl adjacent to an activating group) is 1. The van der Waals surface area contributed by atoms with E-state index in [1.807, 2.05) is 60.0 Å². The van der Waals surface area contributed by atoms with Crippen LogP contribution in [-0.4, -0.2) is 124 Å². The standard InChI is InChI=1S/C7H16BN3O.C7H16O.C6H14N2O.C5H7NS.2C2H6.CH2O.14CH4.I2/c1-7(12)10(3)4-5-11(8)6-9-2;1-3-5-7(4-2)6-8;1-5-8(4)6(9)7(2)3;1-2-5-6-3-4-7-5;3*1-2;;;;;;;;;;;;;;;1-2/h9H,4-6H2,1-3H3;7-8H,3-6H2,1-2H3;5H2,1-4H3;3-4H,2H2,1H3;2*1-2H3;1H2;14*1H4;. The number of rotatable bonds is 11. The number of halogens is 2. The zero-order chi connectivity index (χ0) is 36.5. The number of aromatic nitrogens is 1. The Labute approximate surface area is 404 Å². The van der Waals surface area contributed by atoms with E-state index in [4.69, 9.17) is 17.9 Å². The second kappa shape index (κ2) is 124. The van der Waals surface area contributed by atoms with Gasteiger partial charge in [-0.15, -0.1) is 11.3 Å². The molecular formula is C44H123BI2N6O4S. The lowest BCUT2D eigenvalue weighted by molar-refractivity contribution is -0.127. The van der Waals surface area contributed by atoms with Crippen molar-refractivity contribution in [2.24, 2.45) is 5.92 Å². The molecule has 2 radical (unpaired) electrons. The van der Waals surface area contributed by atoms with Gasteiger partial charge in [-0.25, -0.2) is 9.78 Å². The van der Waals surface area contributed by atoms with Gasteiger partial charge in [-0.2, -0.15) is 0 Å². The summed E-state index contributed by atoms with van der Waals surface area (Å²) in [6, 6.07) is 0.0532. The maximum atomic E-state index is 10.9. The van der Waals surface area contributed by atoms with Crippen molar-refractivity contribution in [3.05, 3.63) is 16.6 Å². The molecular weight excluding hydrogens is 973 g/mol. The maximum Gasteiger partial charge on any atom is 0.319 e. The number of thiazole rings is 1. The van der Waals surface area contributed by atoms with Crippen LogP contribution in [-0.2, 0) is 16.0 Å². The molecule has 1 atom stereocenters. The minimum Gasteiger partial charge on any atom is -0.396 e. The van der Waals surface area contributed by atoms with Crippen LogP contribution in [0, 0.1) is 5.92 Å². The lowest BCUT2D eigenvalue weighted by atomic mass is 10.0. The average molecular weight is 1100 g/mol. The Balaban J connectivity index is -0.0000000146. The number of nitrogens with zero attached hydrogens (tertiary/aromatic N) is 5. The van der Waals surface area contributed by atoms with Gasteiger partial charge in [0.25, 0.3) is 0 Å². The summed E-state index contributed by atoms with van der Waals surface area (Å²) < 4.78 is 0. The molecule has 14 heteroatoms. The molecule has 1 heterocycles. The van der Waals surface area contributed by atoms with Gasteiger partial charge in [0.2, 0.25) is 5.91 Å². The number of carbonyl (C=O) groups is 3. The lowest BCUT2D eigenvalue weighted by Gasteiger charge is -2.21. The quantitative estimate of drug-likeness (QED) is 0.129. The molecule has 0 aliphatic rings. The Hall–Kier alpha value is -0.555. The summed E-state index contributed by atoms with van der Waals surface area (Å²) in [6.45, 7) is 23.0. The van der Waals surface area contributed by atoms with Crippen molar-refractivity contribution in [2.75, 3.05) is 68.1 Å².